The highest BCUT2D eigenvalue weighted by Crippen LogP contribution is 2.25. The number of hydroxylamine groups is 2. The Morgan fingerprint density at radius 3 is 2.92 bits per heavy atom. The molecule has 0 aromatic heterocycles. The smallest absolute Gasteiger partial charge is 0.137 e. The maximum atomic E-state index is 12.1. The zero-order valence-corrected chi connectivity index (χ0v) is 7.92. The molecule has 0 aliphatic carbocycles. The molecule has 1 saturated heterocycles. The molecule has 1 atom stereocenters. The zero-order valence-electron chi connectivity index (χ0n) is 7.16. The van der Waals surface area contributed by atoms with Crippen LogP contribution >= 0.6 is 11.6 Å². The van der Waals surface area contributed by atoms with Crippen molar-refractivity contribution in [2.75, 3.05) is 19.8 Å². The van der Waals surface area contributed by atoms with Gasteiger partial charge < -0.3 is 9.85 Å². The highest BCUT2D eigenvalue weighted by atomic mass is 35.5. The molecule has 1 aliphatic rings. The Hall–Kier alpha value is -0.610. The van der Waals surface area contributed by atoms with Crippen molar-refractivity contribution in [1.82, 2.24) is 9.96 Å². The predicted octanol–water partition coefficient (Wildman–Crippen LogP) is 1.71. The van der Waals surface area contributed by atoms with Gasteiger partial charge in [-0.25, -0.2) is 0 Å². The Labute approximate surface area is 82.1 Å². The summed E-state index contributed by atoms with van der Waals surface area (Å²) in [6, 6.07) is 7.15. The second kappa shape index (κ2) is 3.27. The fourth-order valence-corrected chi connectivity index (χ4v) is 1.73. The molecule has 0 spiro atoms. The monoisotopic (exact) mass is 198 g/mol. The molecule has 1 N–H and O–H groups in total. The van der Waals surface area contributed by atoms with Gasteiger partial charge in [-0.15, -0.1) is 0 Å². The van der Waals surface area contributed by atoms with Gasteiger partial charge in [-0.05, 0) is 12.1 Å². The Kier molecular flexibility index (Phi) is 2.26. The summed E-state index contributed by atoms with van der Waals surface area (Å²) in [5, 5.41) is 15.7. The molecule has 1 aromatic carbocycles. The highest BCUT2D eigenvalue weighted by molar-refractivity contribution is 6.30. The summed E-state index contributed by atoms with van der Waals surface area (Å²) in [4.78, 5) is 0. The van der Waals surface area contributed by atoms with E-state index in [1.807, 2.05) is 12.1 Å². The van der Waals surface area contributed by atoms with Crippen molar-refractivity contribution in [2.45, 2.75) is 0 Å². The molecule has 4 heteroatoms. The van der Waals surface area contributed by atoms with Gasteiger partial charge in [-0.2, -0.15) is 0 Å². The number of nitrogens with one attached hydrogen (secondary N) is 1. The first-order valence-electron chi connectivity index (χ1n) is 4.26. The SMILES string of the molecule is [O-][N+]1(c2cccc(Cl)c2)CCNC1. The first kappa shape index (κ1) is 8.97. The van der Waals surface area contributed by atoms with E-state index >= 15 is 0 Å². The quantitative estimate of drug-likeness (QED) is 0.551. The van der Waals surface area contributed by atoms with Crippen LogP contribution in [0, 0.1) is 5.21 Å². The van der Waals surface area contributed by atoms with Crippen LogP contribution in [0.3, 0.4) is 0 Å². The van der Waals surface area contributed by atoms with E-state index in [1.54, 1.807) is 12.1 Å². The lowest BCUT2D eigenvalue weighted by molar-refractivity contribution is 0.449. The van der Waals surface area contributed by atoms with Crippen molar-refractivity contribution in [1.29, 1.82) is 0 Å². The number of quaternary nitrogens is 1. The molecule has 0 bridgehead atoms. The minimum Gasteiger partial charge on any atom is -0.626 e. The van der Waals surface area contributed by atoms with Crippen molar-refractivity contribution in [2.24, 2.45) is 0 Å². The molecule has 1 aromatic rings. The van der Waals surface area contributed by atoms with Gasteiger partial charge in [0.05, 0.1) is 13.1 Å². The van der Waals surface area contributed by atoms with Crippen molar-refractivity contribution >= 4 is 17.3 Å². The average molecular weight is 199 g/mol. The number of benzene rings is 1. The van der Waals surface area contributed by atoms with E-state index in [0.29, 0.717) is 18.2 Å². The standard InChI is InChI=1S/C9H11ClN2O/c10-8-2-1-3-9(6-8)12(13)5-4-11-7-12/h1-3,6,11H,4-5,7H2. The molecular formula is C9H11ClN2O. The number of rotatable bonds is 1. The van der Waals surface area contributed by atoms with Gasteiger partial charge in [0, 0.05) is 11.1 Å². The molecular weight excluding hydrogens is 188 g/mol. The topological polar surface area (TPSA) is 35.1 Å². The largest absolute Gasteiger partial charge is 0.626 e. The van der Waals surface area contributed by atoms with Gasteiger partial charge in [0.2, 0.25) is 0 Å². The van der Waals surface area contributed by atoms with Crippen molar-refractivity contribution < 1.29 is 0 Å². The molecule has 1 heterocycles. The first-order chi connectivity index (χ1) is 6.21. The van der Waals surface area contributed by atoms with Crippen molar-refractivity contribution in [3.8, 4) is 0 Å². The third-order valence-corrected chi connectivity index (χ3v) is 2.53. The van der Waals surface area contributed by atoms with Crippen LogP contribution in [-0.4, -0.2) is 19.8 Å². The van der Waals surface area contributed by atoms with E-state index in [1.165, 1.54) is 0 Å². The lowest BCUT2D eigenvalue weighted by Gasteiger charge is -2.36. The fraction of sp³-hybridized carbons (Fsp3) is 0.333. The number of hydrogen-bond acceptors (Lipinski definition) is 2. The molecule has 0 amide bonds. The van der Waals surface area contributed by atoms with Gasteiger partial charge in [0.15, 0.2) is 0 Å². The Morgan fingerprint density at radius 2 is 2.31 bits per heavy atom. The van der Waals surface area contributed by atoms with Crippen LogP contribution in [-0.2, 0) is 0 Å². The van der Waals surface area contributed by atoms with E-state index in [9.17, 15) is 5.21 Å². The second-order valence-electron chi connectivity index (χ2n) is 3.25. The van der Waals surface area contributed by atoms with Gasteiger partial charge in [-0.3, -0.25) is 5.32 Å². The van der Waals surface area contributed by atoms with E-state index in [-0.39, 0.29) is 4.65 Å². The molecule has 1 fully saturated rings. The Morgan fingerprint density at radius 1 is 1.46 bits per heavy atom. The van der Waals surface area contributed by atoms with Crippen molar-refractivity contribution in [3.63, 3.8) is 0 Å². The summed E-state index contributed by atoms with van der Waals surface area (Å²) < 4.78 is -0.305. The predicted molar refractivity (Wildman–Crippen MR) is 54.3 cm³/mol. The van der Waals surface area contributed by atoms with Gasteiger partial charge in [0.1, 0.15) is 12.4 Å². The maximum absolute atomic E-state index is 12.1. The molecule has 70 valence electrons. The van der Waals surface area contributed by atoms with E-state index in [4.69, 9.17) is 11.6 Å². The van der Waals surface area contributed by atoms with Crippen LogP contribution in [0.25, 0.3) is 0 Å². The molecule has 1 unspecified atom stereocenters. The lowest BCUT2D eigenvalue weighted by Crippen LogP contribution is -2.41. The average Bonchev–Trinajstić information content (AvgIpc) is 2.54. The van der Waals surface area contributed by atoms with Crippen LogP contribution < -0.4 is 9.96 Å². The highest BCUT2D eigenvalue weighted by Gasteiger charge is 2.24. The normalized spacial score (nSPS) is 27.8. The first-order valence-corrected chi connectivity index (χ1v) is 4.63. The van der Waals surface area contributed by atoms with Gasteiger partial charge in [-0.1, -0.05) is 17.7 Å². The van der Waals surface area contributed by atoms with Gasteiger partial charge in [0.25, 0.3) is 0 Å². The number of nitrogens with zero attached hydrogens (tertiary/aromatic N) is 1. The summed E-state index contributed by atoms with van der Waals surface area (Å²) in [7, 11) is 0. The van der Waals surface area contributed by atoms with Crippen LogP contribution in [0.4, 0.5) is 5.69 Å². The zero-order chi connectivity index (χ0) is 9.31. The number of halogens is 1. The fourth-order valence-electron chi connectivity index (χ4n) is 1.55. The van der Waals surface area contributed by atoms with Crippen molar-refractivity contribution in [3.05, 3.63) is 34.5 Å². The lowest BCUT2D eigenvalue weighted by atomic mass is 10.3. The Balaban J connectivity index is 2.33. The van der Waals surface area contributed by atoms with Crippen LogP contribution in [0.5, 0.6) is 0 Å². The summed E-state index contributed by atoms with van der Waals surface area (Å²) in [5.74, 6) is 0. The molecule has 3 nitrogen and oxygen atoms in total. The molecule has 0 radical (unpaired) electrons. The Bertz CT molecular complexity index is 310. The molecule has 13 heavy (non-hydrogen) atoms. The minimum atomic E-state index is -0.305. The third kappa shape index (κ3) is 1.69. The van der Waals surface area contributed by atoms with E-state index in [0.717, 1.165) is 12.2 Å². The van der Waals surface area contributed by atoms with Crippen LogP contribution in [0.2, 0.25) is 5.02 Å². The summed E-state index contributed by atoms with van der Waals surface area (Å²) in [6.07, 6.45) is 0. The second-order valence-corrected chi connectivity index (χ2v) is 3.69. The third-order valence-electron chi connectivity index (χ3n) is 2.30. The summed E-state index contributed by atoms with van der Waals surface area (Å²) in [5.41, 5.74) is 0.734. The molecule has 1 aliphatic heterocycles. The number of hydrogen-bond donors (Lipinski definition) is 1. The maximum Gasteiger partial charge on any atom is 0.137 e. The van der Waals surface area contributed by atoms with E-state index in [2.05, 4.69) is 5.32 Å². The van der Waals surface area contributed by atoms with Crippen LogP contribution in [0.1, 0.15) is 0 Å². The molecule has 2 rings (SSSR count). The minimum absolute atomic E-state index is 0.305. The van der Waals surface area contributed by atoms with Gasteiger partial charge >= 0.3 is 0 Å². The van der Waals surface area contributed by atoms with Crippen LogP contribution in [0.15, 0.2) is 24.3 Å². The molecule has 0 saturated carbocycles. The van der Waals surface area contributed by atoms with E-state index < -0.39 is 0 Å². The summed E-state index contributed by atoms with van der Waals surface area (Å²) >= 11 is 5.82. The summed E-state index contributed by atoms with van der Waals surface area (Å²) in [6.45, 7) is 1.80.